The first-order valence-corrected chi connectivity index (χ1v) is 3.78. The molecule has 72 valence electrons. The average Bonchev–Trinajstić information content (AvgIpc) is 1.99. The van der Waals surface area contributed by atoms with Gasteiger partial charge in [-0.1, -0.05) is 0 Å². The molecular weight excluding hydrogens is 163 g/mol. The molecule has 0 aliphatic carbocycles. The molecule has 1 atom stereocenters. The summed E-state index contributed by atoms with van der Waals surface area (Å²) in [4.78, 5) is 10.6. The number of halogens is 1. The van der Waals surface area contributed by atoms with Crippen molar-refractivity contribution in [3.05, 3.63) is 0 Å². The normalized spacial score (nSPS) is 16.1. The molecule has 0 rings (SSSR count). The number of carboxylic acids is 1. The van der Waals surface area contributed by atoms with Crippen molar-refractivity contribution in [2.75, 3.05) is 13.6 Å². The third kappa shape index (κ3) is 2.42. The number of carbonyl (C=O) groups is 1. The number of carboxylic acid groups (broad SMARTS) is 1. The van der Waals surface area contributed by atoms with Crippen LogP contribution in [0.3, 0.4) is 0 Å². The Morgan fingerprint density at radius 2 is 2.25 bits per heavy atom. The Labute approximate surface area is 71.1 Å². The second-order valence-corrected chi connectivity index (χ2v) is 2.95. The maximum absolute atomic E-state index is 12.7. The van der Waals surface area contributed by atoms with E-state index in [1.807, 2.05) is 0 Å². The quantitative estimate of drug-likeness (QED) is 0.597. The standard InChI is InChI=1S/C7H15FN2O2/c1-7(6(11)12,10(2)8)4-3-5-9/h3-5,9H2,1-2H3,(H,11,12)/t7-/m0/s1. The Morgan fingerprint density at radius 1 is 1.75 bits per heavy atom. The van der Waals surface area contributed by atoms with Crippen LogP contribution in [0.15, 0.2) is 0 Å². The maximum Gasteiger partial charge on any atom is 0.326 e. The first-order chi connectivity index (χ1) is 5.45. The van der Waals surface area contributed by atoms with E-state index in [2.05, 4.69) is 0 Å². The van der Waals surface area contributed by atoms with Crippen LogP contribution in [0.2, 0.25) is 0 Å². The molecular formula is C7H15FN2O2. The van der Waals surface area contributed by atoms with Crippen molar-refractivity contribution in [2.45, 2.75) is 25.3 Å². The van der Waals surface area contributed by atoms with E-state index in [0.717, 1.165) is 7.05 Å². The van der Waals surface area contributed by atoms with Gasteiger partial charge >= 0.3 is 5.97 Å². The lowest BCUT2D eigenvalue weighted by molar-refractivity contribution is -0.162. The first-order valence-electron chi connectivity index (χ1n) is 3.78. The van der Waals surface area contributed by atoms with Crippen LogP contribution in [0.5, 0.6) is 0 Å². The molecule has 0 aromatic rings. The van der Waals surface area contributed by atoms with Gasteiger partial charge in [-0.05, 0) is 26.3 Å². The van der Waals surface area contributed by atoms with Crippen LogP contribution in [-0.4, -0.2) is 35.3 Å². The van der Waals surface area contributed by atoms with Crippen LogP contribution < -0.4 is 5.73 Å². The molecule has 0 amide bonds. The minimum atomic E-state index is -1.45. The van der Waals surface area contributed by atoms with Crippen molar-refractivity contribution in [1.29, 1.82) is 0 Å². The van der Waals surface area contributed by atoms with Crippen molar-refractivity contribution >= 4 is 5.97 Å². The molecule has 0 radical (unpaired) electrons. The summed E-state index contributed by atoms with van der Waals surface area (Å²) in [6.07, 6.45) is 0.711. The Bertz CT molecular complexity index is 163. The molecule has 3 N–H and O–H groups in total. The number of nitrogens with zero attached hydrogens (tertiary/aromatic N) is 1. The Hall–Kier alpha value is -0.680. The molecule has 0 saturated carbocycles. The van der Waals surface area contributed by atoms with Gasteiger partial charge in [-0.15, -0.1) is 9.60 Å². The van der Waals surface area contributed by atoms with Crippen LogP contribution in [-0.2, 0) is 4.79 Å². The van der Waals surface area contributed by atoms with Crippen LogP contribution in [0.4, 0.5) is 4.48 Å². The van der Waals surface area contributed by atoms with E-state index in [9.17, 15) is 9.28 Å². The molecule has 0 heterocycles. The monoisotopic (exact) mass is 178 g/mol. The minimum absolute atomic E-state index is 0.213. The second-order valence-electron chi connectivity index (χ2n) is 2.95. The summed E-state index contributed by atoms with van der Waals surface area (Å²) in [7, 11) is 1.10. The lowest BCUT2D eigenvalue weighted by atomic mass is 9.96. The van der Waals surface area contributed by atoms with Gasteiger partial charge in [0.2, 0.25) is 0 Å². The van der Waals surface area contributed by atoms with E-state index in [0.29, 0.717) is 13.0 Å². The smallest absolute Gasteiger partial charge is 0.326 e. The number of aliphatic carboxylic acids is 1. The number of likely N-dealkylation sites (N-methyl/N-ethyl adjacent to an activating group) is 1. The number of rotatable bonds is 5. The SMILES string of the molecule is CN(F)[C@@](C)(CCCN)C(=O)O. The van der Waals surface area contributed by atoms with E-state index < -0.39 is 11.5 Å². The summed E-state index contributed by atoms with van der Waals surface area (Å²) in [5.41, 5.74) is 3.76. The maximum atomic E-state index is 12.7. The summed E-state index contributed by atoms with van der Waals surface area (Å²) in [5, 5.41) is 8.92. The van der Waals surface area contributed by atoms with E-state index in [1.54, 1.807) is 0 Å². The predicted octanol–water partition coefficient (Wildman–Crippen LogP) is 0.385. The molecule has 0 aliphatic rings. The van der Waals surface area contributed by atoms with Gasteiger partial charge in [-0.2, -0.15) is 0 Å². The van der Waals surface area contributed by atoms with Gasteiger partial charge in [0.05, 0.1) is 0 Å². The zero-order chi connectivity index (χ0) is 9.78. The van der Waals surface area contributed by atoms with E-state index in [4.69, 9.17) is 10.8 Å². The molecule has 5 heteroatoms. The molecule has 0 unspecified atom stereocenters. The average molecular weight is 178 g/mol. The highest BCUT2D eigenvalue weighted by Crippen LogP contribution is 2.20. The lowest BCUT2D eigenvalue weighted by Gasteiger charge is -2.27. The Morgan fingerprint density at radius 3 is 2.50 bits per heavy atom. The largest absolute Gasteiger partial charge is 0.480 e. The van der Waals surface area contributed by atoms with Crippen molar-refractivity contribution in [3.63, 3.8) is 0 Å². The molecule has 0 spiro atoms. The van der Waals surface area contributed by atoms with Gasteiger partial charge in [0.25, 0.3) is 0 Å². The number of hydrogen-bond donors (Lipinski definition) is 2. The summed E-state index contributed by atoms with van der Waals surface area (Å²) in [6, 6.07) is 0. The van der Waals surface area contributed by atoms with Crippen molar-refractivity contribution < 1.29 is 14.4 Å². The molecule has 0 fully saturated rings. The summed E-state index contributed by atoms with van der Waals surface area (Å²) >= 11 is 0. The highest BCUT2D eigenvalue weighted by atomic mass is 19.2. The molecule has 0 saturated heterocycles. The minimum Gasteiger partial charge on any atom is -0.480 e. The molecule has 12 heavy (non-hydrogen) atoms. The zero-order valence-electron chi connectivity index (χ0n) is 7.38. The zero-order valence-corrected chi connectivity index (χ0v) is 7.38. The van der Waals surface area contributed by atoms with Crippen LogP contribution in [0.1, 0.15) is 19.8 Å². The van der Waals surface area contributed by atoms with Gasteiger partial charge in [-0.25, -0.2) is 0 Å². The molecule has 0 aliphatic heterocycles. The molecule has 0 aromatic heterocycles. The summed E-state index contributed by atoms with van der Waals surface area (Å²) < 4.78 is 12.7. The number of nitrogens with two attached hydrogens (primary N) is 1. The van der Waals surface area contributed by atoms with Gasteiger partial charge in [0, 0.05) is 7.05 Å². The van der Waals surface area contributed by atoms with Gasteiger partial charge < -0.3 is 10.8 Å². The van der Waals surface area contributed by atoms with Gasteiger partial charge in [-0.3, -0.25) is 4.79 Å². The molecule has 4 nitrogen and oxygen atoms in total. The fourth-order valence-corrected chi connectivity index (χ4v) is 0.839. The van der Waals surface area contributed by atoms with Crippen LogP contribution in [0.25, 0.3) is 0 Å². The molecule has 0 aromatic carbocycles. The van der Waals surface area contributed by atoms with Gasteiger partial charge in [0.15, 0.2) is 0 Å². The Balaban J connectivity index is 4.29. The third-order valence-corrected chi connectivity index (χ3v) is 2.01. The second kappa shape index (κ2) is 4.37. The van der Waals surface area contributed by atoms with Crippen LogP contribution >= 0.6 is 0 Å². The van der Waals surface area contributed by atoms with Crippen molar-refractivity contribution in [3.8, 4) is 0 Å². The van der Waals surface area contributed by atoms with E-state index in [-0.39, 0.29) is 11.5 Å². The predicted molar refractivity (Wildman–Crippen MR) is 43.2 cm³/mol. The fourth-order valence-electron chi connectivity index (χ4n) is 0.839. The van der Waals surface area contributed by atoms with Gasteiger partial charge in [0.1, 0.15) is 5.54 Å². The third-order valence-electron chi connectivity index (χ3n) is 2.01. The van der Waals surface area contributed by atoms with E-state index >= 15 is 0 Å². The topological polar surface area (TPSA) is 66.6 Å². The van der Waals surface area contributed by atoms with Crippen LogP contribution in [0, 0.1) is 0 Å². The highest BCUT2D eigenvalue weighted by Gasteiger charge is 2.37. The summed E-state index contributed by atoms with van der Waals surface area (Å²) in [6.45, 7) is 1.71. The Kier molecular flexibility index (Phi) is 4.12. The lowest BCUT2D eigenvalue weighted by Crippen LogP contribution is -2.46. The molecule has 0 bridgehead atoms. The van der Waals surface area contributed by atoms with Crippen molar-refractivity contribution in [2.24, 2.45) is 5.73 Å². The highest BCUT2D eigenvalue weighted by molar-refractivity contribution is 5.77. The fraction of sp³-hybridized carbons (Fsp3) is 0.857. The first kappa shape index (κ1) is 11.3. The van der Waals surface area contributed by atoms with Crippen molar-refractivity contribution in [1.82, 2.24) is 5.12 Å². The number of hydrogen-bond acceptors (Lipinski definition) is 3. The van der Waals surface area contributed by atoms with E-state index in [1.165, 1.54) is 6.92 Å². The summed E-state index contributed by atoms with van der Waals surface area (Å²) in [5.74, 6) is -1.17.